The number of benzene rings is 2. The Hall–Kier alpha value is -1.79. The van der Waals surface area contributed by atoms with Crippen LogP contribution in [0.2, 0.25) is 5.02 Å². The summed E-state index contributed by atoms with van der Waals surface area (Å²) >= 11 is 8.80. The Morgan fingerprint density at radius 1 is 1.13 bits per heavy atom. The molecule has 2 rings (SSSR count). The molecular formula is C16H10BrClF3NO. The van der Waals surface area contributed by atoms with Crippen LogP contribution in [0.15, 0.2) is 59.2 Å². The highest BCUT2D eigenvalue weighted by Gasteiger charge is 2.33. The van der Waals surface area contributed by atoms with E-state index in [1.54, 1.807) is 24.3 Å². The lowest BCUT2D eigenvalue weighted by Crippen LogP contribution is -2.06. The Bertz CT molecular complexity index is 742. The Morgan fingerprint density at radius 3 is 2.39 bits per heavy atom. The molecule has 2 aromatic carbocycles. The Balaban J connectivity index is 2.08. The van der Waals surface area contributed by atoms with E-state index in [0.29, 0.717) is 5.56 Å². The van der Waals surface area contributed by atoms with E-state index < -0.39 is 11.7 Å². The number of alkyl halides is 3. The summed E-state index contributed by atoms with van der Waals surface area (Å²) < 4.78 is 39.1. The third-order valence-electron chi connectivity index (χ3n) is 2.89. The normalized spacial score (nSPS) is 11.7. The van der Waals surface area contributed by atoms with Gasteiger partial charge in [-0.05, 0) is 42.5 Å². The third-order valence-corrected chi connectivity index (χ3v) is 3.74. The molecule has 0 aliphatic heterocycles. The van der Waals surface area contributed by atoms with Crippen molar-refractivity contribution in [3.8, 4) is 0 Å². The van der Waals surface area contributed by atoms with Gasteiger partial charge in [-0.25, -0.2) is 0 Å². The topological polar surface area (TPSA) is 29.1 Å². The molecule has 0 aromatic heterocycles. The summed E-state index contributed by atoms with van der Waals surface area (Å²) in [6.07, 6.45) is -2.01. The molecule has 2 aromatic rings. The number of nitrogens with one attached hydrogen (secondary N) is 1. The number of carbonyl (C=O) groups is 1. The van der Waals surface area contributed by atoms with Crippen molar-refractivity contribution in [3.05, 3.63) is 75.4 Å². The second-order valence-corrected chi connectivity index (χ2v) is 5.86. The van der Waals surface area contributed by atoms with Crippen molar-refractivity contribution in [3.63, 3.8) is 0 Å². The summed E-state index contributed by atoms with van der Waals surface area (Å²) in [6, 6.07) is 10.2. The van der Waals surface area contributed by atoms with E-state index in [1.165, 1.54) is 18.3 Å². The summed E-state index contributed by atoms with van der Waals surface area (Å²) in [6.45, 7) is 0. The van der Waals surface area contributed by atoms with Crippen LogP contribution in [-0.2, 0) is 6.18 Å². The molecule has 0 atom stereocenters. The first-order valence-corrected chi connectivity index (χ1v) is 7.54. The fourth-order valence-electron chi connectivity index (χ4n) is 1.76. The average Bonchev–Trinajstić information content (AvgIpc) is 2.48. The number of halogens is 5. The van der Waals surface area contributed by atoms with E-state index in [1.807, 2.05) is 0 Å². The van der Waals surface area contributed by atoms with Crippen LogP contribution in [0.1, 0.15) is 15.9 Å². The van der Waals surface area contributed by atoms with Crippen molar-refractivity contribution in [2.75, 3.05) is 5.32 Å². The molecule has 0 fully saturated rings. The number of hydrogen-bond donors (Lipinski definition) is 1. The Labute approximate surface area is 144 Å². The van der Waals surface area contributed by atoms with E-state index in [2.05, 4.69) is 21.2 Å². The Kier molecular flexibility index (Phi) is 5.49. The molecular weight excluding hydrogens is 395 g/mol. The summed E-state index contributed by atoms with van der Waals surface area (Å²) in [4.78, 5) is 11.9. The second kappa shape index (κ2) is 7.19. The van der Waals surface area contributed by atoms with E-state index in [-0.39, 0.29) is 16.5 Å². The largest absolute Gasteiger partial charge is 0.417 e. The predicted molar refractivity (Wildman–Crippen MR) is 87.7 cm³/mol. The average molecular weight is 405 g/mol. The monoisotopic (exact) mass is 403 g/mol. The highest BCUT2D eigenvalue weighted by Crippen LogP contribution is 2.36. The second-order valence-electron chi connectivity index (χ2n) is 4.54. The van der Waals surface area contributed by atoms with Crippen LogP contribution in [0.3, 0.4) is 0 Å². The molecule has 0 unspecified atom stereocenters. The summed E-state index contributed by atoms with van der Waals surface area (Å²) in [5.41, 5.74) is -0.281. The van der Waals surface area contributed by atoms with Crippen LogP contribution in [0.4, 0.5) is 18.9 Å². The van der Waals surface area contributed by atoms with Crippen LogP contribution < -0.4 is 5.32 Å². The van der Waals surface area contributed by atoms with Gasteiger partial charge in [0.2, 0.25) is 0 Å². The zero-order chi connectivity index (χ0) is 17.0. The predicted octanol–water partition coefficient (Wildman–Crippen LogP) is 5.93. The van der Waals surface area contributed by atoms with Gasteiger partial charge in [0.25, 0.3) is 0 Å². The molecule has 0 saturated carbocycles. The fraction of sp³-hybridized carbons (Fsp3) is 0.0625. The number of rotatable bonds is 4. The van der Waals surface area contributed by atoms with Gasteiger partial charge in [0.05, 0.1) is 10.6 Å². The lowest BCUT2D eigenvalue weighted by Gasteiger charge is -2.10. The molecule has 0 saturated heterocycles. The molecule has 0 aliphatic carbocycles. The zero-order valence-corrected chi connectivity index (χ0v) is 13.8. The lowest BCUT2D eigenvalue weighted by atomic mass is 10.1. The minimum Gasteiger partial charge on any atom is -0.362 e. The summed E-state index contributed by atoms with van der Waals surface area (Å²) in [5.74, 6) is -0.269. The van der Waals surface area contributed by atoms with Crippen molar-refractivity contribution < 1.29 is 18.0 Å². The zero-order valence-electron chi connectivity index (χ0n) is 11.5. The first-order chi connectivity index (χ1) is 10.8. The highest BCUT2D eigenvalue weighted by molar-refractivity contribution is 9.10. The molecule has 2 nitrogen and oxygen atoms in total. The maximum absolute atomic E-state index is 12.7. The van der Waals surface area contributed by atoms with Crippen molar-refractivity contribution in [1.82, 2.24) is 0 Å². The number of anilines is 1. The van der Waals surface area contributed by atoms with Crippen LogP contribution in [0.25, 0.3) is 0 Å². The molecule has 0 bridgehead atoms. The van der Waals surface area contributed by atoms with Gasteiger partial charge in [0, 0.05) is 28.0 Å². The van der Waals surface area contributed by atoms with Gasteiger partial charge in [-0.1, -0.05) is 27.5 Å². The van der Waals surface area contributed by atoms with Crippen LogP contribution in [-0.4, -0.2) is 5.78 Å². The van der Waals surface area contributed by atoms with E-state index >= 15 is 0 Å². The maximum Gasteiger partial charge on any atom is 0.417 e. The molecule has 0 spiro atoms. The molecule has 7 heteroatoms. The summed E-state index contributed by atoms with van der Waals surface area (Å²) in [7, 11) is 0. The number of carbonyl (C=O) groups excluding carboxylic acids is 1. The first-order valence-electron chi connectivity index (χ1n) is 6.37. The third kappa shape index (κ3) is 4.84. The van der Waals surface area contributed by atoms with Crippen molar-refractivity contribution >= 4 is 39.0 Å². The van der Waals surface area contributed by atoms with Crippen LogP contribution in [0.5, 0.6) is 0 Å². The number of ketones is 1. The van der Waals surface area contributed by atoms with Gasteiger partial charge in [-0.2, -0.15) is 13.2 Å². The minimum absolute atomic E-state index is 0.182. The maximum atomic E-state index is 12.7. The molecule has 0 amide bonds. The van der Waals surface area contributed by atoms with E-state index in [4.69, 9.17) is 11.6 Å². The fourth-order valence-corrected chi connectivity index (χ4v) is 2.25. The Morgan fingerprint density at radius 2 is 1.78 bits per heavy atom. The smallest absolute Gasteiger partial charge is 0.362 e. The van der Waals surface area contributed by atoms with Crippen molar-refractivity contribution in [2.24, 2.45) is 0 Å². The molecule has 0 radical (unpaired) electrons. The van der Waals surface area contributed by atoms with Gasteiger partial charge in [-0.3, -0.25) is 4.79 Å². The van der Waals surface area contributed by atoms with E-state index in [9.17, 15) is 18.0 Å². The van der Waals surface area contributed by atoms with Crippen molar-refractivity contribution in [1.29, 1.82) is 0 Å². The summed E-state index contributed by atoms with van der Waals surface area (Å²) in [5, 5.41) is 2.25. The van der Waals surface area contributed by atoms with E-state index in [0.717, 1.165) is 16.6 Å². The molecule has 0 heterocycles. The molecule has 120 valence electrons. The molecule has 1 N–H and O–H groups in total. The quantitative estimate of drug-likeness (QED) is 0.505. The number of allylic oxidation sites excluding steroid dienone is 1. The SMILES string of the molecule is O=C(C=CNc1ccc(Cl)c(C(F)(F)F)c1)c1ccc(Br)cc1. The first kappa shape index (κ1) is 17.6. The number of hydrogen-bond acceptors (Lipinski definition) is 2. The minimum atomic E-state index is -4.54. The highest BCUT2D eigenvalue weighted by atomic mass is 79.9. The van der Waals surface area contributed by atoms with Gasteiger partial charge in [0.1, 0.15) is 0 Å². The van der Waals surface area contributed by atoms with Crippen LogP contribution >= 0.6 is 27.5 Å². The van der Waals surface area contributed by atoms with Gasteiger partial charge >= 0.3 is 6.18 Å². The lowest BCUT2D eigenvalue weighted by molar-refractivity contribution is -0.137. The van der Waals surface area contributed by atoms with Gasteiger partial charge in [-0.15, -0.1) is 0 Å². The van der Waals surface area contributed by atoms with Crippen molar-refractivity contribution in [2.45, 2.75) is 6.18 Å². The standard InChI is InChI=1S/C16H10BrClF3NO/c17-11-3-1-10(2-4-11)15(23)7-8-22-12-5-6-14(18)13(9-12)16(19,20)21/h1-9,22H. The molecule has 23 heavy (non-hydrogen) atoms. The van der Waals surface area contributed by atoms with Gasteiger partial charge in [0.15, 0.2) is 5.78 Å². The molecule has 0 aliphatic rings. The van der Waals surface area contributed by atoms with Crippen LogP contribution in [0, 0.1) is 0 Å². The van der Waals surface area contributed by atoms with Gasteiger partial charge < -0.3 is 5.32 Å².